The van der Waals surface area contributed by atoms with Crippen LogP contribution in [0.15, 0.2) is 24.0 Å². The summed E-state index contributed by atoms with van der Waals surface area (Å²) in [7, 11) is 3.40. The number of benzene rings is 1. The Morgan fingerprint density at radius 1 is 1.28 bits per heavy atom. The number of aliphatic hydroxyl groups is 1. The first-order valence-corrected chi connectivity index (χ1v) is 11.0. The molecule has 32 heavy (non-hydrogen) atoms. The average molecular weight is 440 g/mol. The van der Waals surface area contributed by atoms with Gasteiger partial charge in [0.1, 0.15) is 35.5 Å². The molecule has 4 bridgehead atoms. The van der Waals surface area contributed by atoms with Gasteiger partial charge in [-0.3, -0.25) is 14.5 Å². The fraction of sp³-hybridized carbons (Fsp3) is 0.565. The van der Waals surface area contributed by atoms with E-state index in [-0.39, 0.29) is 42.3 Å². The molecule has 1 amide bonds. The molecule has 9 nitrogen and oxygen atoms in total. The lowest BCUT2D eigenvalue weighted by molar-refractivity contribution is -0.157. The number of anilines is 1. The van der Waals surface area contributed by atoms with Gasteiger partial charge < -0.3 is 29.3 Å². The number of aromatic hydroxyl groups is 1. The zero-order chi connectivity index (χ0) is 22.2. The molecular formula is C23H24N2O7. The summed E-state index contributed by atoms with van der Waals surface area (Å²) in [6, 6.07) is 2.71. The number of Topliss-reactive ketones (excluding diaryl/α,β-unsaturated/α-hetero) is 1. The van der Waals surface area contributed by atoms with E-state index in [1.165, 1.54) is 18.1 Å². The number of epoxide rings is 1. The molecule has 1 aliphatic carbocycles. The molecule has 168 valence electrons. The lowest BCUT2D eigenvalue weighted by atomic mass is 9.53. The third-order valence-electron chi connectivity index (χ3n) is 8.75. The highest BCUT2D eigenvalue weighted by Gasteiger charge is 2.81. The van der Waals surface area contributed by atoms with Gasteiger partial charge in [-0.15, -0.1) is 0 Å². The van der Waals surface area contributed by atoms with E-state index >= 15 is 0 Å². The van der Waals surface area contributed by atoms with E-state index in [2.05, 4.69) is 4.90 Å². The van der Waals surface area contributed by atoms with Gasteiger partial charge in [0.25, 0.3) is 5.91 Å². The number of carbonyl (C=O) groups excluding carboxylic acids is 2. The molecule has 6 atom stereocenters. The third-order valence-corrected chi connectivity index (χ3v) is 8.75. The number of hydrogen-bond donors (Lipinski definition) is 2. The second-order valence-electron chi connectivity index (χ2n) is 9.98. The molecule has 4 saturated heterocycles. The maximum absolute atomic E-state index is 14.1. The first-order chi connectivity index (χ1) is 15.3. The number of phenolic OH excluding ortho intramolecular Hbond substituents is 1. The third kappa shape index (κ3) is 1.78. The molecule has 2 spiro atoms. The summed E-state index contributed by atoms with van der Waals surface area (Å²) in [5.74, 6) is -0.677. The van der Waals surface area contributed by atoms with Crippen LogP contribution < -0.4 is 9.64 Å². The number of nitrogens with zero attached hydrogens (tertiary/aromatic N) is 2. The van der Waals surface area contributed by atoms with Gasteiger partial charge in [0.05, 0.1) is 30.2 Å². The number of phenols is 1. The fourth-order valence-corrected chi connectivity index (χ4v) is 7.32. The quantitative estimate of drug-likeness (QED) is 0.591. The molecule has 6 unspecified atom stereocenters. The number of likely N-dealkylation sites (N-methyl/N-ethyl adjacent to an activating group) is 1. The number of fused-ring (bicyclic) bond motifs is 6. The van der Waals surface area contributed by atoms with E-state index in [0.29, 0.717) is 36.5 Å². The maximum Gasteiger partial charge on any atom is 0.254 e. The van der Waals surface area contributed by atoms with E-state index in [4.69, 9.17) is 14.2 Å². The van der Waals surface area contributed by atoms with Crippen molar-refractivity contribution < 1.29 is 34.0 Å². The summed E-state index contributed by atoms with van der Waals surface area (Å²) in [4.78, 5) is 31.1. The Labute approximate surface area is 184 Å². The van der Waals surface area contributed by atoms with Gasteiger partial charge in [0.2, 0.25) is 0 Å². The minimum absolute atomic E-state index is 0.0898. The lowest BCUT2D eigenvalue weighted by Crippen LogP contribution is -2.71. The monoisotopic (exact) mass is 440 g/mol. The van der Waals surface area contributed by atoms with Crippen LogP contribution in [0, 0.1) is 5.92 Å². The number of amides is 1. The normalized spacial score (nSPS) is 43.3. The molecule has 6 heterocycles. The van der Waals surface area contributed by atoms with E-state index in [1.807, 2.05) is 7.05 Å². The summed E-state index contributed by atoms with van der Waals surface area (Å²) in [5, 5.41) is 23.4. The minimum atomic E-state index is -1.52. The predicted molar refractivity (Wildman–Crippen MR) is 109 cm³/mol. The molecule has 8 rings (SSSR count). The zero-order valence-electron chi connectivity index (χ0n) is 17.8. The van der Waals surface area contributed by atoms with Crippen LogP contribution in [0.3, 0.4) is 0 Å². The van der Waals surface area contributed by atoms with Crippen LogP contribution in [0.1, 0.15) is 18.4 Å². The fourth-order valence-electron chi connectivity index (χ4n) is 7.32. The average Bonchev–Trinajstić information content (AvgIpc) is 3.37. The van der Waals surface area contributed by atoms with Crippen molar-refractivity contribution in [1.82, 2.24) is 4.90 Å². The number of methoxy groups -OCH3 is 1. The first-order valence-electron chi connectivity index (χ1n) is 11.0. The number of ether oxygens (including phenoxy) is 3. The van der Waals surface area contributed by atoms with Gasteiger partial charge in [0, 0.05) is 19.0 Å². The molecule has 2 N–H and O–H groups in total. The summed E-state index contributed by atoms with van der Waals surface area (Å²) < 4.78 is 17.5. The Bertz CT molecular complexity index is 1150. The summed E-state index contributed by atoms with van der Waals surface area (Å²) in [5.41, 5.74) is -2.62. The Kier molecular flexibility index (Phi) is 3.23. The molecular weight excluding hydrogens is 416 g/mol. The maximum atomic E-state index is 14.1. The van der Waals surface area contributed by atoms with Crippen LogP contribution in [-0.4, -0.2) is 84.0 Å². The van der Waals surface area contributed by atoms with Gasteiger partial charge in [-0.2, -0.15) is 0 Å². The summed E-state index contributed by atoms with van der Waals surface area (Å²) in [6.45, 7) is 1.29. The molecule has 0 radical (unpaired) electrons. The van der Waals surface area contributed by atoms with Crippen molar-refractivity contribution in [2.45, 2.75) is 41.6 Å². The second kappa shape index (κ2) is 5.47. The Morgan fingerprint density at radius 2 is 2.09 bits per heavy atom. The topological polar surface area (TPSA) is 112 Å². The minimum Gasteiger partial charge on any atom is -0.503 e. The van der Waals surface area contributed by atoms with Crippen molar-refractivity contribution in [1.29, 1.82) is 0 Å². The Hall–Kier alpha value is -2.62. The van der Waals surface area contributed by atoms with E-state index in [0.717, 1.165) is 0 Å². The largest absolute Gasteiger partial charge is 0.503 e. The van der Waals surface area contributed by atoms with Gasteiger partial charge in [0.15, 0.2) is 11.5 Å². The van der Waals surface area contributed by atoms with Gasteiger partial charge in [-0.1, -0.05) is 6.07 Å². The van der Waals surface area contributed by atoms with Gasteiger partial charge in [-0.25, -0.2) is 0 Å². The van der Waals surface area contributed by atoms with Crippen molar-refractivity contribution in [3.8, 4) is 11.5 Å². The zero-order valence-corrected chi connectivity index (χ0v) is 17.8. The van der Waals surface area contributed by atoms with Crippen LogP contribution in [-0.2, 0) is 24.5 Å². The Balaban J connectivity index is 1.58. The number of carbonyl (C=O) groups is 2. The summed E-state index contributed by atoms with van der Waals surface area (Å²) in [6.07, 6.45) is 1.42. The molecule has 1 aromatic rings. The molecule has 5 fully saturated rings. The highest BCUT2D eigenvalue weighted by molar-refractivity contribution is 6.12. The van der Waals surface area contributed by atoms with Crippen molar-refractivity contribution in [3.05, 3.63) is 29.5 Å². The number of rotatable bonds is 1. The van der Waals surface area contributed by atoms with E-state index in [9.17, 15) is 19.8 Å². The molecule has 9 heteroatoms. The summed E-state index contributed by atoms with van der Waals surface area (Å²) >= 11 is 0. The van der Waals surface area contributed by atoms with Gasteiger partial charge in [-0.05, 0) is 31.6 Å². The van der Waals surface area contributed by atoms with Gasteiger partial charge >= 0.3 is 0 Å². The van der Waals surface area contributed by atoms with Crippen LogP contribution in [0.25, 0.3) is 0 Å². The molecule has 1 saturated carbocycles. The number of ketones is 1. The van der Waals surface area contributed by atoms with Crippen LogP contribution in [0.2, 0.25) is 0 Å². The standard InChI is InChI=1S/C23H24N2O7/c1-24-6-5-21-11-3-4-12(30-2)19(28)18(11)25-16(27)7-13-17(20(21)25)22(29,8-14(21)26)23(10-24)15(32-23)9-31-13/h3-4,7,15,17,20,28-29H,5-6,8-10H2,1-2H3. The van der Waals surface area contributed by atoms with Crippen LogP contribution in [0.4, 0.5) is 5.69 Å². The highest BCUT2D eigenvalue weighted by Crippen LogP contribution is 2.67. The van der Waals surface area contributed by atoms with Crippen LogP contribution in [0.5, 0.6) is 11.5 Å². The molecule has 6 aliphatic heterocycles. The first kappa shape index (κ1) is 18.9. The molecule has 7 aliphatic rings. The van der Waals surface area contributed by atoms with Crippen molar-refractivity contribution >= 4 is 17.4 Å². The Morgan fingerprint density at radius 3 is 2.88 bits per heavy atom. The van der Waals surface area contributed by atoms with Crippen LogP contribution >= 0.6 is 0 Å². The van der Waals surface area contributed by atoms with Crippen molar-refractivity contribution in [3.63, 3.8) is 0 Å². The second-order valence-corrected chi connectivity index (χ2v) is 9.98. The van der Waals surface area contributed by atoms with E-state index in [1.54, 1.807) is 12.1 Å². The predicted octanol–water partition coefficient (Wildman–Crippen LogP) is 0.0747. The van der Waals surface area contributed by atoms with Crippen molar-refractivity contribution in [2.75, 3.05) is 38.8 Å². The van der Waals surface area contributed by atoms with Crippen molar-refractivity contribution in [2.24, 2.45) is 5.92 Å². The smallest absolute Gasteiger partial charge is 0.254 e. The van der Waals surface area contributed by atoms with E-state index < -0.39 is 28.6 Å². The lowest BCUT2D eigenvalue weighted by Gasteiger charge is -2.54. The SMILES string of the molecule is COc1ccc2c(c1O)N1C(=O)C=C3OCC4OC45CN(C)CCC24C(=O)CC5(O)C3C14. The molecule has 0 aromatic heterocycles. The molecule has 1 aromatic carbocycles. The number of hydrogen-bond acceptors (Lipinski definition) is 8. The highest BCUT2D eigenvalue weighted by atomic mass is 16.7.